The van der Waals surface area contributed by atoms with E-state index in [1.165, 1.54) is 5.56 Å². The number of likely N-dealkylation sites (N-methyl/N-ethyl adjacent to an activating group) is 2. The molecule has 2 heterocycles. The molecular formula is C54H72N2O15+2. The number of esters is 2. The molecule has 6 rings (SSSR count). The van der Waals surface area contributed by atoms with Gasteiger partial charge in [0.05, 0.1) is 137 Å². The smallest absolute Gasteiger partial charge is 0.331 e. The van der Waals surface area contributed by atoms with Crippen molar-refractivity contribution in [2.75, 3.05) is 132 Å². The minimum absolute atomic E-state index is 0.00199. The first-order valence-corrected chi connectivity index (χ1v) is 23.6. The number of quaternary nitrogens is 2. The quantitative estimate of drug-likeness (QED) is 0.0299. The van der Waals surface area contributed by atoms with Gasteiger partial charge in [-0.3, -0.25) is 0 Å². The number of carbonyl (C=O) groups is 2. The van der Waals surface area contributed by atoms with Gasteiger partial charge in [-0.25, -0.2) is 9.59 Å². The molecule has 2 aliphatic rings. The number of hydrogen-bond donors (Lipinski definition) is 0. The van der Waals surface area contributed by atoms with Crippen molar-refractivity contribution in [2.45, 2.75) is 44.2 Å². The maximum atomic E-state index is 13.0. The summed E-state index contributed by atoms with van der Waals surface area (Å²) in [6.45, 7) is 3.20. The van der Waals surface area contributed by atoms with E-state index >= 15 is 0 Å². The van der Waals surface area contributed by atoms with Gasteiger partial charge in [0.15, 0.2) is 46.0 Å². The summed E-state index contributed by atoms with van der Waals surface area (Å²) < 4.78 is 75.7. The largest absolute Gasteiger partial charge is 0.493 e. The van der Waals surface area contributed by atoms with Crippen LogP contribution in [0.5, 0.6) is 63.2 Å². The predicted octanol–water partition coefficient (Wildman–Crippen LogP) is 7.28. The fraction of sp³-hybridized carbons (Fsp3) is 0.481. The highest BCUT2D eigenvalue weighted by Crippen LogP contribution is 2.53. The van der Waals surface area contributed by atoms with Crippen molar-refractivity contribution in [2.24, 2.45) is 0 Å². The number of ether oxygens (including phenoxy) is 13. The van der Waals surface area contributed by atoms with Gasteiger partial charge in [-0.1, -0.05) is 0 Å². The summed E-state index contributed by atoms with van der Waals surface area (Å²) >= 11 is 0. The van der Waals surface area contributed by atoms with Gasteiger partial charge in [0.25, 0.3) is 0 Å². The van der Waals surface area contributed by atoms with Crippen LogP contribution in [0.15, 0.2) is 54.6 Å². The maximum absolute atomic E-state index is 13.0. The molecule has 17 nitrogen and oxygen atoms in total. The van der Waals surface area contributed by atoms with Gasteiger partial charge >= 0.3 is 11.9 Å². The Kier molecular flexibility index (Phi) is 18.1. The van der Waals surface area contributed by atoms with E-state index < -0.39 is 11.9 Å². The van der Waals surface area contributed by atoms with Gasteiger partial charge in [0.1, 0.15) is 12.1 Å². The molecule has 4 aromatic carbocycles. The second-order valence-electron chi connectivity index (χ2n) is 18.0. The molecule has 0 N–H and O–H groups in total. The zero-order valence-electron chi connectivity index (χ0n) is 43.6. The molecule has 0 radical (unpaired) electrons. The van der Waals surface area contributed by atoms with Crippen LogP contribution in [0.2, 0.25) is 0 Å². The molecule has 0 amide bonds. The van der Waals surface area contributed by atoms with E-state index in [9.17, 15) is 9.59 Å². The molecule has 0 bridgehead atoms. The molecule has 0 fully saturated rings. The van der Waals surface area contributed by atoms with Crippen molar-refractivity contribution in [1.82, 2.24) is 0 Å². The lowest BCUT2D eigenvalue weighted by Crippen LogP contribution is -2.52. The molecule has 0 aliphatic carbocycles. The highest BCUT2D eigenvalue weighted by atomic mass is 16.6. The average Bonchev–Trinajstić information content (AvgIpc) is 3.39. The van der Waals surface area contributed by atoms with Crippen molar-refractivity contribution >= 4 is 11.9 Å². The number of fused-ring (bicyclic) bond motifs is 2. The topological polar surface area (TPSA) is 154 Å². The van der Waals surface area contributed by atoms with Crippen molar-refractivity contribution in [3.8, 4) is 63.2 Å². The van der Waals surface area contributed by atoms with E-state index in [4.69, 9.17) is 61.6 Å². The molecule has 4 unspecified atom stereocenters. The molecular weight excluding hydrogens is 917 g/mol. The summed E-state index contributed by atoms with van der Waals surface area (Å²) in [5, 5.41) is 0. The third-order valence-electron chi connectivity index (χ3n) is 14.0. The van der Waals surface area contributed by atoms with Crippen LogP contribution in [-0.4, -0.2) is 153 Å². The summed E-state index contributed by atoms with van der Waals surface area (Å²) in [7, 11) is 22.0. The number of benzene rings is 4. The number of hydrogen-bond acceptors (Lipinski definition) is 15. The van der Waals surface area contributed by atoms with E-state index in [1.54, 1.807) is 78.2 Å². The van der Waals surface area contributed by atoms with E-state index in [-0.39, 0.29) is 25.3 Å². The first-order chi connectivity index (χ1) is 34.2. The molecule has 0 spiro atoms. The van der Waals surface area contributed by atoms with Crippen LogP contribution in [0.25, 0.3) is 0 Å². The Labute approximate surface area is 418 Å². The monoisotopic (exact) mass is 988 g/mol. The SMILES string of the molecule is COc1cc2c(cc1OC)C(Cc1cc(OC)c(OC)c(OC)c1)[N+](C)(CCCOC(=O)/C=C\C(=O)OCCC[N+]1(C)CCc3cc(OC)c(OC)c(OC)c3C1c1cc(OC)c(OC)c(OC)c1)CC2. The van der Waals surface area contributed by atoms with Gasteiger partial charge in [-0.2, -0.15) is 0 Å². The summed E-state index contributed by atoms with van der Waals surface area (Å²) in [5.74, 6) is 4.91. The van der Waals surface area contributed by atoms with E-state index in [0.29, 0.717) is 105 Å². The zero-order valence-corrected chi connectivity index (χ0v) is 43.6. The third-order valence-corrected chi connectivity index (χ3v) is 14.0. The standard InChI is InChI=1S/C54H72N2O15/c1-55(22-18-35-29-40(59-3)41(60-4)33-38(35)39(55)26-34-27-42(61-5)51(66-10)43(28-34)62-6)20-14-24-70-47(57)16-17-48(58)71-25-15-21-56(2)23-19-36-30-46(65-9)53(68-12)54(69-13)49(36)50(56)37-31-44(63-7)52(67-11)45(32-37)64-8/h16-17,27-33,39,50H,14-15,18-26H2,1-13H3/q+2/b17-16-. The Morgan fingerprint density at radius 1 is 0.493 bits per heavy atom. The Bertz CT molecular complexity index is 2490. The highest BCUT2D eigenvalue weighted by molar-refractivity contribution is 5.91. The molecule has 386 valence electrons. The van der Waals surface area contributed by atoms with Crippen LogP contribution in [-0.2, 0) is 38.3 Å². The molecule has 4 atom stereocenters. The Balaban J connectivity index is 1.10. The van der Waals surface area contributed by atoms with Gasteiger partial charge in [-0.15, -0.1) is 0 Å². The van der Waals surface area contributed by atoms with Crippen LogP contribution in [0, 0.1) is 0 Å². The van der Waals surface area contributed by atoms with Crippen molar-refractivity contribution in [1.29, 1.82) is 0 Å². The van der Waals surface area contributed by atoms with E-state index in [2.05, 4.69) is 26.2 Å². The molecule has 0 aromatic heterocycles. The molecule has 71 heavy (non-hydrogen) atoms. The Hall–Kier alpha value is -6.72. The van der Waals surface area contributed by atoms with Crippen LogP contribution >= 0.6 is 0 Å². The van der Waals surface area contributed by atoms with Gasteiger partial charge in [0.2, 0.25) is 17.2 Å². The maximum Gasteiger partial charge on any atom is 0.331 e. The number of nitrogens with zero attached hydrogens (tertiary/aromatic N) is 2. The summed E-state index contributed by atoms with van der Waals surface area (Å²) in [5.41, 5.74) is 6.26. The number of rotatable bonds is 24. The van der Waals surface area contributed by atoms with E-state index in [0.717, 1.165) is 65.9 Å². The van der Waals surface area contributed by atoms with Crippen LogP contribution in [0.3, 0.4) is 0 Å². The van der Waals surface area contributed by atoms with Gasteiger partial charge < -0.3 is 70.5 Å². The lowest BCUT2D eigenvalue weighted by atomic mass is 9.84. The number of methoxy groups -OCH3 is 11. The Morgan fingerprint density at radius 3 is 1.41 bits per heavy atom. The lowest BCUT2D eigenvalue weighted by Gasteiger charge is -2.46. The van der Waals surface area contributed by atoms with E-state index in [1.807, 2.05) is 30.3 Å². The minimum Gasteiger partial charge on any atom is -0.493 e. The number of carbonyl (C=O) groups excluding carboxylic acids is 2. The summed E-state index contributed by atoms with van der Waals surface area (Å²) in [6.07, 6.45) is 5.53. The molecule has 0 saturated heterocycles. The predicted molar refractivity (Wildman–Crippen MR) is 266 cm³/mol. The summed E-state index contributed by atoms with van der Waals surface area (Å²) in [4.78, 5) is 25.9. The first kappa shape index (κ1) is 53.6. The van der Waals surface area contributed by atoms with Crippen molar-refractivity contribution < 1.29 is 80.1 Å². The minimum atomic E-state index is -0.639. The van der Waals surface area contributed by atoms with Crippen LogP contribution in [0.4, 0.5) is 0 Å². The van der Waals surface area contributed by atoms with Crippen LogP contribution < -0.4 is 52.1 Å². The second kappa shape index (κ2) is 23.9. The molecule has 2 aliphatic heterocycles. The Morgan fingerprint density at radius 2 is 0.915 bits per heavy atom. The zero-order chi connectivity index (χ0) is 51.5. The molecule has 0 saturated carbocycles. The average molecular weight is 989 g/mol. The second-order valence-corrected chi connectivity index (χ2v) is 18.0. The highest BCUT2D eigenvalue weighted by Gasteiger charge is 2.45. The van der Waals surface area contributed by atoms with Crippen LogP contribution in [0.1, 0.15) is 58.3 Å². The van der Waals surface area contributed by atoms with Crippen molar-refractivity contribution in [3.63, 3.8) is 0 Å². The fourth-order valence-electron chi connectivity index (χ4n) is 10.4. The first-order valence-electron chi connectivity index (χ1n) is 23.6. The normalized spacial score (nSPS) is 19.1. The lowest BCUT2D eigenvalue weighted by molar-refractivity contribution is -0.941. The third kappa shape index (κ3) is 11.4. The fourth-order valence-corrected chi connectivity index (χ4v) is 10.4. The summed E-state index contributed by atoms with van der Waals surface area (Å²) in [6, 6.07) is 13.7. The molecule has 4 aromatic rings. The van der Waals surface area contributed by atoms with Crippen molar-refractivity contribution in [3.05, 3.63) is 88.0 Å². The molecule has 17 heteroatoms. The van der Waals surface area contributed by atoms with Gasteiger partial charge in [0, 0.05) is 55.4 Å². The van der Waals surface area contributed by atoms with Gasteiger partial charge in [-0.05, 0) is 59.2 Å².